The number of carbonyl (C=O) groups excluding carboxylic acids is 2. The zero-order chi connectivity index (χ0) is 23.4. The van der Waals surface area contributed by atoms with E-state index in [1.165, 1.54) is 0 Å². The maximum absolute atomic E-state index is 13.4. The lowest BCUT2D eigenvalue weighted by Crippen LogP contribution is -2.47. The van der Waals surface area contributed by atoms with Crippen molar-refractivity contribution in [2.24, 2.45) is 5.41 Å². The van der Waals surface area contributed by atoms with E-state index in [-0.39, 0.29) is 23.9 Å². The zero-order valence-corrected chi connectivity index (χ0v) is 19.4. The van der Waals surface area contributed by atoms with Gasteiger partial charge in [-0.15, -0.1) is 0 Å². The maximum atomic E-state index is 13.4. The van der Waals surface area contributed by atoms with Gasteiger partial charge in [0.1, 0.15) is 6.04 Å². The minimum Gasteiger partial charge on any atom is -0.353 e. The van der Waals surface area contributed by atoms with Crippen molar-refractivity contribution in [3.05, 3.63) is 73.1 Å². The van der Waals surface area contributed by atoms with E-state index in [9.17, 15) is 9.59 Å². The van der Waals surface area contributed by atoms with Crippen molar-refractivity contribution in [2.75, 3.05) is 13.1 Å². The quantitative estimate of drug-likeness (QED) is 0.604. The van der Waals surface area contributed by atoms with Crippen molar-refractivity contribution in [1.82, 2.24) is 24.8 Å². The Morgan fingerprint density at radius 1 is 1.09 bits per heavy atom. The van der Waals surface area contributed by atoms with Gasteiger partial charge in [-0.1, -0.05) is 30.3 Å². The van der Waals surface area contributed by atoms with Crippen molar-refractivity contribution in [3.8, 4) is 11.1 Å². The summed E-state index contributed by atoms with van der Waals surface area (Å²) in [5.41, 5.74) is 2.52. The van der Waals surface area contributed by atoms with E-state index in [4.69, 9.17) is 0 Å². The molecule has 4 rings (SSSR count). The summed E-state index contributed by atoms with van der Waals surface area (Å²) >= 11 is 0. The summed E-state index contributed by atoms with van der Waals surface area (Å²) in [4.78, 5) is 36.7. The van der Waals surface area contributed by atoms with Gasteiger partial charge in [-0.25, -0.2) is 4.98 Å². The highest BCUT2D eigenvalue weighted by Gasteiger charge is 2.46. The number of nitrogens with one attached hydrogen (secondary N) is 1. The van der Waals surface area contributed by atoms with Gasteiger partial charge < -0.3 is 14.8 Å². The van der Waals surface area contributed by atoms with Gasteiger partial charge in [-0.3, -0.25) is 14.6 Å². The van der Waals surface area contributed by atoms with E-state index in [1.807, 2.05) is 50.1 Å². The first-order valence-electron chi connectivity index (χ1n) is 11.4. The highest BCUT2D eigenvalue weighted by Crippen LogP contribution is 2.36. The maximum Gasteiger partial charge on any atom is 0.245 e. The highest BCUT2D eigenvalue weighted by molar-refractivity contribution is 5.87. The van der Waals surface area contributed by atoms with Crippen LogP contribution in [0.1, 0.15) is 38.8 Å². The zero-order valence-electron chi connectivity index (χ0n) is 19.4. The molecular formula is C26H31N5O2. The minimum atomic E-state index is -0.665. The SMILES string of the molecule is CC(C)NC(=O)[C@]1(Cc2cccc(-c3cccnc3)c2)CCN(C(=O)[C@@H](C)n2ccnc2)C1. The third-order valence-electron chi connectivity index (χ3n) is 6.36. The third kappa shape index (κ3) is 4.97. The smallest absolute Gasteiger partial charge is 0.245 e. The van der Waals surface area contributed by atoms with Crippen LogP contribution in [-0.2, 0) is 16.0 Å². The fourth-order valence-electron chi connectivity index (χ4n) is 4.56. The molecule has 3 aromatic rings. The molecule has 2 amide bonds. The number of carbonyl (C=O) groups is 2. The van der Waals surface area contributed by atoms with Gasteiger partial charge in [-0.2, -0.15) is 0 Å². The normalized spacial score (nSPS) is 19.0. The molecule has 2 aromatic heterocycles. The molecule has 1 aliphatic rings. The molecule has 33 heavy (non-hydrogen) atoms. The number of likely N-dealkylation sites (tertiary alicyclic amines) is 1. The van der Waals surface area contributed by atoms with Gasteiger partial charge in [-0.05, 0) is 56.4 Å². The highest BCUT2D eigenvalue weighted by atomic mass is 16.2. The van der Waals surface area contributed by atoms with Crippen molar-refractivity contribution >= 4 is 11.8 Å². The number of pyridine rings is 1. The number of rotatable bonds is 7. The lowest BCUT2D eigenvalue weighted by molar-refractivity contribution is -0.135. The van der Waals surface area contributed by atoms with Gasteiger partial charge in [0.2, 0.25) is 11.8 Å². The van der Waals surface area contributed by atoms with E-state index < -0.39 is 5.41 Å². The Kier molecular flexibility index (Phi) is 6.58. The van der Waals surface area contributed by atoms with Crippen LogP contribution in [0.25, 0.3) is 11.1 Å². The first kappa shape index (κ1) is 22.7. The van der Waals surface area contributed by atoms with Crippen LogP contribution in [0.15, 0.2) is 67.5 Å². The minimum absolute atomic E-state index is 0.00913. The Labute approximate surface area is 194 Å². The van der Waals surface area contributed by atoms with Crippen molar-refractivity contribution in [2.45, 2.75) is 45.7 Å². The molecule has 1 N–H and O–H groups in total. The van der Waals surface area contributed by atoms with Gasteiger partial charge >= 0.3 is 0 Å². The number of hydrogen-bond acceptors (Lipinski definition) is 4. The van der Waals surface area contributed by atoms with E-state index in [0.717, 1.165) is 16.7 Å². The van der Waals surface area contributed by atoms with Crippen molar-refractivity contribution in [3.63, 3.8) is 0 Å². The van der Waals surface area contributed by atoms with Crippen LogP contribution >= 0.6 is 0 Å². The van der Waals surface area contributed by atoms with Crippen molar-refractivity contribution < 1.29 is 9.59 Å². The Morgan fingerprint density at radius 3 is 2.61 bits per heavy atom. The van der Waals surface area contributed by atoms with E-state index >= 15 is 0 Å². The number of imidazole rings is 1. The molecule has 0 spiro atoms. The average molecular weight is 446 g/mol. The predicted molar refractivity (Wildman–Crippen MR) is 127 cm³/mol. The van der Waals surface area contributed by atoms with Crippen LogP contribution in [0.2, 0.25) is 0 Å². The Hall–Kier alpha value is -3.48. The summed E-state index contributed by atoms with van der Waals surface area (Å²) in [7, 11) is 0. The summed E-state index contributed by atoms with van der Waals surface area (Å²) in [6, 6.07) is 11.9. The molecule has 0 unspecified atom stereocenters. The molecule has 1 aromatic carbocycles. The molecule has 0 bridgehead atoms. The molecule has 1 aliphatic heterocycles. The second-order valence-corrected chi connectivity index (χ2v) is 9.22. The first-order chi connectivity index (χ1) is 15.9. The predicted octanol–water partition coefficient (Wildman–Crippen LogP) is 3.49. The van der Waals surface area contributed by atoms with Crippen LogP contribution in [0, 0.1) is 5.41 Å². The fourth-order valence-corrected chi connectivity index (χ4v) is 4.56. The molecule has 7 nitrogen and oxygen atoms in total. The average Bonchev–Trinajstić information content (AvgIpc) is 3.50. The summed E-state index contributed by atoms with van der Waals surface area (Å²) in [5.74, 6) is 0.0196. The summed E-state index contributed by atoms with van der Waals surface area (Å²) in [5, 5.41) is 3.11. The van der Waals surface area contributed by atoms with E-state index in [0.29, 0.717) is 25.9 Å². The number of benzene rings is 1. The molecule has 0 radical (unpaired) electrons. The first-order valence-corrected chi connectivity index (χ1v) is 11.4. The molecule has 1 saturated heterocycles. The topological polar surface area (TPSA) is 80.1 Å². The third-order valence-corrected chi connectivity index (χ3v) is 6.36. The fraction of sp³-hybridized carbons (Fsp3) is 0.385. The largest absolute Gasteiger partial charge is 0.353 e. The molecule has 0 aliphatic carbocycles. The molecule has 3 heterocycles. The van der Waals surface area contributed by atoms with Crippen LogP contribution < -0.4 is 5.32 Å². The van der Waals surface area contributed by atoms with Crippen LogP contribution in [0.5, 0.6) is 0 Å². The van der Waals surface area contributed by atoms with Gasteiger partial charge in [0.25, 0.3) is 0 Å². The van der Waals surface area contributed by atoms with Crippen LogP contribution in [-0.4, -0.2) is 50.4 Å². The van der Waals surface area contributed by atoms with Crippen LogP contribution in [0.3, 0.4) is 0 Å². The van der Waals surface area contributed by atoms with E-state index in [2.05, 4.69) is 33.5 Å². The van der Waals surface area contributed by atoms with Gasteiger partial charge in [0.15, 0.2) is 0 Å². The lowest BCUT2D eigenvalue weighted by atomic mass is 9.79. The molecule has 1 fully saturated rings. The molecule has 2 atom stereocenters. The van der Waals surface area contributed by atoms with Crippen LogP contribution in [0.4, 0.5) is 0 Å². The molecular weight excluding hydrogens is 414 g/mol. The standard InChI is InChI=1S/C26H31N5O2/c1-19(2)29-25(33)26(9-12-30(17-26)24(32)20(3)31-13-11-28-18-31)15-21-6-4-7-22(14-21)23-8-5-10-27-16-23/h4-8,10-11,13-14,16,18-20H,9,12,15,17H2,1-3H3,(H,29,33)/t20-,26+/m1/s1. The van der Waals surface area contributed by atoms with E-state index in [1.54, 1.807) is 29.5 Å². The monoisotopic (exact) mass is 445 g/mol. The van der Waals surface area contributed by atoms with Gasteiger partial charge in [0.05, 0.1) is 11.7 Å². The number of nitrogens with zero attached hydrogens (tertiary/aromatic N) is 4. The molecule has 0 saturated carbocycles. The van der Waals surface area contributed by atoms with Gasteiger partial charge in [0, 0.05) is 43.9 Å². The lowest BCUT2D eigenvalue weighted by Gasteiger charge is -2.30. The Morgan fingerprint density at radius 2 is 1.91 bits per heavy atom. The summed E-state index contributed by atoms with van der Waals surface area (Å²) in [6.45, 7) is 6.77. The summed E-state index contributed by atoms with van der Waals surface area (Å²) in [6.07, 6.45) is 9.92. The molecule has 7 heteroatoms. The number of amides is 2. The number of aromatic nitrogens is 3. The Bertz CT molecular complexity index is 1100. The second-order valence-electron chi connectivity index (χ2n) is 9.22. The second kappa shape index (κ2) is 9.57. The molecule has 172 valence electrons. The number of hydrogen-bond donors (Lipinski definition) is 1. The summed E-state index contributed by atoms with van der Waals surface area (Å²) < 4.78 is 1.80. The Balaban J connectivity index is 1.58. The van der Waals surface area contributed by atoms with Crippen molar-refractivity contribution in [1.29, 1.82) is 0 Å².